The van der Waals surface area contributed by atoms with Gasteiger partial charge in [0.05, 0.1) is 19.3 Å². The van der Waals surface area contributed by atoms with Gasteiger partial charge in [-0.3, -0.25) is 4.79 Å². The van der Waals surface area contributed by atoms with Crippen LogP contribution in [-0.2, 0) is 13.0 Å². The fourth-order valence-corrected chi connectivity index (χ4v) is 2.67. The van der Waals surface area contributed by atoms with Gasteiger partial charge in [-0.1, -0.05) is 47.7 Å². The highest BCUT2D eigenvalue weighted by Crippen LogP contribution is 2.11. The van der Waals surface area contributed by atoms with Gasteiger partial charge in [0.2, 0.25) is 0 Å². The predicted molar refractivity (Wildman–Crippen MR) is 99.3 cm³/mol. The molecule has 2 aromatic carbocycles. The third-order valence-electron chi connectivity index (χ3n) is 4.23. The molecule has 6 nitrogen and oxygen atoms in total. The van der Waals surface area contributed by atoms with Crippen molar-refractivity contribution in [3.05, 3.63) is 77.1 Å². The second-order valence-electron chi connectivity index (χ2n) is 6.02. The van der Waals surface area contributed by atoms with Crippen LogP contribution < -0.4 is 10.1 Å². The number of carbonyl (C=O) groups is 1. The van der Waals surface area contributed by atoms with E-state index in [1.54, 1.807) is 11.8 Å². The lowest BCUT2D eigenvalue weighted by Crippen LogP contribution is -2.26. The van der Waals surface area contributed by atoms with Crippen LogP contribution in [-0.4, -0.2) is 34.6 Å². The van der Waals surface area contributed by atoms with E-state index in [4.69, 9.17) is 4.74 Å². The van der Waals surface area contributed by atoms with Crippen molar-refractivity contribution >= 4 is 5.91 Å². The first-order chi connectivity index (χ1) is 12.7. The number of amides is 1. The number of nitrogens with one attached hydrogen (secondary N) is 1. The van der Waals surface area contributed by atoms with Crippen LogP contribution in [0.25, 0.3) is 0 Å². The maximum Gasteiger partial charge on any atom is 0.273 e. The Labute approximate surface area is 152 Å². The molecule has 6 heteroatoms. The second kappa shape index (κ2) is 8.29. The molecule has 26 heavy (non-hydrogen) atoms. The number of rotatable bonds is 7. The third-order valence-corrected chi connectivity index (χ3v) is 4.23. The summed E-state index contributed by atoms with van der Waals surface area (Å²) in [5.41, 5.74) is 3.38. The van der Waals surface area contributed by atoms with Crippen molar-refractivity contribution in [3.8, 4) is 5.75 Å². The number of methoxy groups -OCH3 is 1. The van der Waals surface area contributed by atoms with Crippen LogP contribution in [0.2, 0.25) is 0 Å². The van der Waals surface area contributed by atoms with Crippen molar-refractivity contribution in [3.63, 3.8) is 0 Å². The number of benzene rings is 2. The van der Waals surface area contributed by atoms with Crippen LogP contribution in [0.15, 0.2) is 54.6 Å². The number of hydrogen-bond acceptors (Lipinski definition) is 4. The Morgan fingerprint density at radius 1 is 1.08 bits per heavy atom. The first-order valence-corrected chi connectivity index (χ1v) is 8.52. The first-order valence-electron chi connectivity index (χ1n) is 8.52. The Kier molecular flexibility index (Phi) is 5.63. The Hall–Kier alpha value is -3.15. The minimum atomic E-state index is -0.199. The van der Waals surface area contributed by atoms with Crippen molar-refractivity contribution in [2.24, 2.45) is 0 Å². The molecule has 1 heterocycles. The van der Waals surface area contributed by atoms with Gasteiger partial charge < -0.3 is 10.1 Å². The van der Waals surface area contributed by atoms with Gasteiger partial charge in [0.25, 0.3) is 5.91 Å². The normalized spacial score (nSPS) is 10.5. The lowest BCUT2D eigenvalue weighted by Gasteiger charge is -2.06. The molecule has 0 aliphatic heterocycles. The molecule has 0 aliphatic rings. The molecule has 0 aliphatic carbocycles. The van der Waals surface area contributed by atoms with E-state index < -0.39 is 0 Å². The number of hydrogen-bond donors (Lipinski definition) is 1. The average Bonchev–Trinajstić information content (AvgIpc) is 3.03. The summed E-state index contributed by atoms with van der Waals surface area (Å²) in [6.07, 6.45) is 0.743. The standard InChI is InChI=1S/C20H22N4O2/c1-15-19(22-23-24(15)14-17-6-4-3-5-7-17)20(25)21-13-12-16-8-10-18(26-2)11-9-16/h3-11H,12-14H2,1-2H3,(H,21,25). The summed E-state index contributed by atoms with van der Waals surface area (Å²) in [7, 11) is 1.64. The molecule has 0 fully saturated rings. The van der Waals surface area contributed by atoms with Crippen LogP contribution in [0.3, 0.4) is 0 Å². The van der Waals surface area contributed by atoms with E-state index in [1.165, 1.54) is 0 Å². The molecule has 3 aromatic rings. The van der Waals surface area contributed by atoms with Crippen LogP contribution in [0.4, 0.5) is 0 Å². The molecule has 134 valence electrons. The highest BCUT2D eigenvalue weighted by Gasteiger charge is 2.16. The molecule has 1 amide bonds. The van der Waals surface area contributed by atoms with Gasteiger partial charge in [-0.25, -0.2) is 4.68 Å². The molecule has 1 aromatic heterocycles. The summed E-state index contributed by atoms with van der Waals surface area (Å²) in [5, 5.41) is 11.1. The topological polar surface area (TPSA) is 69.0 Å². The van der Waals surface area contributed by atoms with Crippen LogP contribution in [0.1, 0.15) is 27.3 Å². The second-order valence-corrected chi connectivity index (χ2v) is 6.02. The summed E-state index contributed by atoms with van der Waals surface area (Å²) in [5.74, 6) is 0.624. The fraction of sp³-hybridized carbons (Fsp3) is 0.250. The zero-order valence-electron chi connectivity index (χ0n) is 15.0. The zero-order valence-corrected chi connectivity index (χ0v) is 15.0. The van der Waals surface area contributed by atoms with Crippen molar-refractivity contribution in [2.45, 2.75) is 19.9 Å². The molecule has 3 rings (SSSR count). The molecule has 1 N–H and O–H groups in total. The smallest absolute Gasteiger partial charge is 0.273 e. The van der Waals surface area contributed by atoms with Crippen molar-refractivity contribution < 1.29 is 9.53 Å². The summed E-state index contributed by atoms with van der Waals surface area (Å²) in [4.78, 5) is 12.4. The van der Waals surface area contributed by atoms with Gasteiger partial charge >= 0.3 is 0 Å². The first kappa shape index (κ1) is 17.7. The molecule has 0 spiro atoms. The minimum absolute atomic E-state index is 0.199. The van der Waals surface area contributed by atoms with Gasteiger partial charge in [-0.2, -0.15) is 0 Å². The molecule has 0 saturated carbocycles. The molecule has 0 unspecified atom stereocenters. The zero-order chi connectivity index (χ0) is 18.4. The van der Waals surface area contributed by atoms with E-state index in [1.807, 2.05) is 61.5 Å². The molecule has 0 atom stereocenters. The molecular weight excluding hydrogens is 328 g/mol. The lowest BCUT2D eigenvalue weighted by molar-refractivity contribution is 0.0948. The van der Waals surface area contributed by atoms with Crippen molar-refractivity contribution in [1.29, 1.82) is 0 Å². The Balaban J connectivity index is 1.56. The number of aromatic nitrogens is 3. The van der Waals surface area contributed by atoms with E-state index in [0.717, 1.165) is 29.0 Å². The maximum atomic E-state index is 12.4. The molecule has 0 radical (unpaired) electrons. The van der Waals surface area contributed by atoms with E-state index in [2.05, 4.69) is 15.6 Å². The highest BCUT2D eigenvalue weighted by atomic mass is 16.5. The maximum absolute atomic E-state index is 12.4. The predicted octanol–water partition coefficient (Wildman–Crippen LogP) is 2.62. The van der Waals surface area contributed by atoms with Crippen molar-refractivity contribution in [2.75, 3.05) is 13.7 Å². The lowest BCUT2D eigenvalue weighted by atomic mass is 10.1. The van der Waals surface area contributed by atoms with E-state index in [-0.39, 0.29) is 5.91 Å². The third kappa shape index (κ3) is 4.27. The molecule has 0 bridgehead atoms. The quantitative estimate of drug-likeness (QED) is 0.711. The van der Waals surface area contributed by atoms with Gasteiger partial charge in [0.15, 0.2) is 5.69 Å². The van der Waals surface area contributed by atoms with Gasteiger partial charge in [0, 0.05) is 6.54 Å². The number of ether oxygens (including phenoxy) is 1. The van der Waals surface area contributed by atoms with Crippen LogP contribution in [0, 0.1) is 6.92 Å². The summed E-state index contributed by atoms with van der Waals surface area (Å²) in [6, 6.07) is 17.8. The van der Waals surface area contributed by atoms with Crippen molar-refractivity contribution in [1.82, 2.24) is 20.3 Å². The van der Waals surface area contributed by atoms with Gasteiger partial charge in [0.1, 0.15) is 5.75 Å². The van der Waals surface area contributed by atoms with Crippen LogP contribution in [0.5, 0.6) is 5.75 Å². The summed E-state index contributed by atoms with van der Waals surface area (Å²) >= 11 is 0. The Morgan fingerprint density at radius 2 is 1.81 bits per heavy atom. The fourth-order valence-electron chi connectivity index (χ4n) is 2.67. The number of nitrogens with zero attached hydrogens (tertiary/aromatic N) is 3. The van der Waals surface area contributed by atoms with Gasteiger partial charge in [-0.05, 0) is 36.6 Å². The SMILES string of the molecule is COc1ccc(CCNC(=O)c2nnn(Cc3ccccc3)c2C)cc1. The monoisotopic (exact) mass is 350 g/mol. The largest absolute Gasteiger partial charge is 0.497 e. The molecule has 0 saturated heterocycles. The highest BCUT2D eigenvalue weighted by molar-refractivity contribution is 5.93. The van der Waals surface area contributed by atoms with E-state index >= 15 is 0 Å². The Bertz CT molecular complexity index is 857. The minimum Gasteiger partial charge on any atom is -0.497 e. The van der Waals surface area contributed by atoms with E-state index in [9.17, 15) is 4.79 Å². The number of carbonyl (C=O) groups excluding carboxylic acids is 1. The van der Waals surface area contributed by atoms with Gasteiger partial charge in [-0.15, -0.1) is 5.10 Å². The van der Waals surface area contributed by atoms with E-state index in [0.29, 0.717) is 18.8 Å². The average molecular weight is 350 g/mol. The van der Waals surface area contributed by atoms with Crippen LogP contribution >= 0.6 is 0 Å². The summed E-state index contributed by atoms with van der Waals surface area (Å²) < 4.78 is 6.88. The summed E-state index contributed by atoms with van der Waals surface area (Å²) in [6.45, 7) is 3.00. The Morgan fingerprint density at radius 3 is 2.50 bits per heavy atom. The molecular formula is C20H22N4O2.